The number of hydrogen-bond donors (Lipinski definition) is 1. The highest BCUT2D eigenvalue weighted by atomic mass is 16.5. The van der Waals surface area contributed by atoms with Crippen LogP contribution in [0.25, 0.3) is 0 Å². The van der Waals surface area contributed by atoms with E-state index in [0.29, 0.717) is 12.0 Å². The summed E-state index contributed by atoms with van der Waals surface area (Å²) in [5.74, 6) is 0.637. The first-order chi connectivity index (χ1) is 7.66. The zero-order chi connectivity index (χ0) is 12.0. The molecule has 1 aliphatic rings. The predicted octanol–water partition coefficient (Wildman–Crippen LogP) is 3.36. The van der Waals surface area contributed by atoms with Gasteiger partial charge in [0.15, 0.2) is 0 Å². The van der Waals surface area contributed by atoms with Gasteiger partial charge in [0.25, 0.3) is 0 Å². The van der Waals surface area contributed by atoms with E-state index in [1.165, 1.54) is 38.5 Å². The summed E-state index contributed by atoms with van der Waals surface area (Å²) in [6.45, 7) is 7.83. The van der Waals surface area contributed by atoms with E-state index in [1.54, 1.807) is 0 Å². The smallest absolute Gasteiger partial charge is 0.0833 e. The van der Waals surface area contributed by atoms with Crippen molar-refractivity contribution in [2.24, 2.45) is 5.92 Å². The van der Waals surface area contributed by atoms with Crippen LogP contribution in [0.2, 0.25) is 0 Å². The fourth-order valence-corrected chi connectivity index (χ4v) is 3.22. The molecule has 16 heavy (non-hydrogen) atoms. The quantitative estimate of drug-likeness (QED) is 0.727. The molecule has 0 aromatic carbocycles. The Hall–Kier alpha value is -0.0800. The average molecular weight is 227 g/mol. The molecule has 96 valence electrons. The Bertz CT molecular complexity index is 183. The van der Waals surface area contributed by atoms with E-state index in [9.17, 15) is 0 Å². The normalized spacial score (nSPS) is 23.1. The van der Waals surface area contributed by atoms with Gasteiger partial charge >= 0.3 is 0 Å². The Labute approximate surface area is 101 Å². The summed E-state index contributed by atoms with van der Waals surface area (Å²) in [5, 5.41) is 3.65. The van der Waals surface area contributed by atoms with Crippen molar-refractivity contribution < 1.29 is 4.74 Å². The summed E-state index contributed by atoms with van der Waals surface area (Å²) >= 11 is 0. The summed E-state index contributed by atoms with van der Waals surface area (Å²) in [6, 6.07) is 0.501. The third kappa shape index (κ3) is 3.21. The molecule has 0 amide bonds. The van der Waals surface area contributed by atoms with E-state index >= 15 is 0 Å². The van der Waals surface area contributed by atoms with Crippen LogP contribution in [0.4, 0.5) is 0 Å². The van der Waals surface area contributed by atoms with Crippen molar-refractivity contribution in [3.05, 3.63) is 0 Å². The second kappa shape index (κ2) is 6.61. The monoisotopic (exact) mass is 227 g/mol. The Morgan fingerprint density at radius 1 is 1.12 bits per heavy atom. The first-order valence-electron chi connectivity index (χ1n) is 6.95. The van der Waals surface area contributed by atoms with E-state index in [1.807, 2.05) is 7.11 Å². The molecule has 1 saturated carbocycles. The SMILES string of the molecule is CCNC(C(C)C)C1(OC)CCCCCC1. The Morgan fingerprint density at radius 3 is 2.06 bits per heavy atom. The minimum atomic E-state index is 0.0840. The summed E-state index contributed by atoms with van der Waals surface area (Å²) < 4.78 is 5.97. The van der Waals surface area contributed by atoms with Gasteiger partial charge in [-0.15, -0.1) is 0 Å². The lowest BCUT2D eigenvalue weighted by Gasteiger charge is -2.42. The van der Waals surface area contributed by atoms with E-state index in [4.69, 9.17) is 4.74 Å². The van der Waals surface area contributed by atoms with Crippen LogP contribution in [-0.2, 0) is 4.74 Å². The predicted molar refractivity (Wildman–Crippen MR) is 69.7 cm³/mol. The summed E-state index contributed by atoms with van der Waals surface area (Å²) in [6.07, 6.45) is 7.84. The maximum Gasteiger partial charge on any atom is 0.0833 e. The van der Waals surface area contributed by atoms with E-state index in [2.05, 4.69) is 26.1 Å². The van der Waals surface area contributed by atoms with Crippen LogP contribution in [0, 0.1) is 5.92 Å². The van der Waals surface area contributed by atoms with Crippen molar-refractivity contribution in [2.45, 2.75) is 70.9 Å². The molecule has 1 aliphatic carbocycles. The second-order valence-electron chi connectivity index (χ2n) is 5.46. The molecule has 1 rings (SSSR count). The summed E-state index contributed by atoms with van der Waals surface area (Å²) in [5.41, 5.74) is 0.0840. The maximum absolute atomic E-state index is 5.97. The molecule has 1 unspecified atom stereocenters. The van der Waals surface area contributed by atoms with Gasteiger partial charge in [-0.1, -0.05) is 46.5 Å². The minimum Gasteiger partial charge on any atom is -0.377 e. The van der Waals surface area contributed by atoms with E-state index in [0.717, 1.165) is 6.54 Å². The Balaban J connectivity index is 2.79. The van der Waals surface area contributed by atoms with Gasteiger partial charge in [-0.2, -0.15) is 0 Å². The number of rotatable bonds is 5. The van der Waals surface area contributed by atoms with E-state index < -0.39 is 0 Å². The van der Waals surface area contributed by atoms with Crippen molar-refractivity contribution in [1.82, 2.24) is 5.32 Å². The van der Waals surface area contributed by atoms with Gasteiger partial charge in [-0.25, -0.2) is 0 Å². The molecular weight excluding hydrogens is 198 g/mol. The van der Waals surface area contributed by atoms with Crippen LogP contribution in [0.5, 0.6) is 0 Å². The first kappa shape index (κ1) is 14.0. The first-order valence-corrected chi connectivity index (χ1v) is 6.95. The molecule has 1 N–H and O–H groups in total. The van der Waals surface area contributed by atoms with Crippen molar-refractivity contribution in [1.29, 1.82) is 0 Å². The Morgan fingerprint density at radius 2 is 1.69 bits per heavy atom. The highest BCUT2D eigenvalue weighted by Gasteiger charge is 2.40. The Kier molecular flexibility index (Phi) is 5.77. The average Bonchev–Trinajstić information content (AvgIpc) is 2.51. The molecule has 0 spiro atoms. The fraction of sp³-hybridized carbons (Fsp3) is 1.00. The van der Waals surface area contributed by atoms with Gasteiger partial charge in [0.1, 0.15) is 0 Å². The topological polar surface area (TPSA) is 21.3 Å². The molecule has 0 radical (unpaired) electrons. The molecule has 1 fully saturated rings. The highest BCUT2D eigenvalue weighted by Crippen LogP contribution is 2.35. The van der Waals surface area contributed by atoms with Crippen molar-refractivity contribution in [2.75, 3.05) is 13.7 Å². The third-order valence-electron chi connectivity index (χ3n) is 4.01. The van der Waals surface area contributed by atoms with Gasteiger partial charge in [-0.05, 0) is 25.3 Å². The number of ether oxygens (including phenoxy) is 1. The van der Waals surface area contributed by atoms with Gasteiger partial charge in [0.05, 0.1) is 5.60 Å². The number of likely N-dealkylation sites (N-methyl/N-ethyl adjacent to an activating group) is 1. The fourth-order valence-electron chi connectivity index (χ4n) is 3.22. The summed E-state index contributed by atoms with van der Waals surface area (Å²) in [7, 11) is 1.90. The molecule has 0 aromatic heterocycles. The van der Waals surface area contributed by atoms with Crippen LogP contribution in [0.15, 0.2) is 0 Å². The van der Waals surface area contributed by atoms with Gasteiger partial charge in [0.2, 0.25) is 0 Å². The second-order valence-corrected chi connectivity index (χ2v) is 5.46. The van der Waals surface area contributed by atoms with Crippen LogP contribution in [0.3, 0.4) is 0 Å². The zero-order valence-electron chi connectivity index (χ0n) is 11.5. The molecule has 0 heterocycles. The van der Waals surface area contributed by atoms with E-state index in [-0.39, 0.29) is 5.60 Å². The third-order valence-corrected chi connectivity index (χ3v) is 4.01. The lowest BCUT2D eigenvalue weighted by Crippen LogP contribution is -2.54. The number of hydrogen-bond acceptors (Lipinski definition) is 2. The van der Waals surface area contributed by atoms with Gasteiger partial charge in [-0.3, -0.25) is 0 Å². The van der Waals surface area contributed by atoms with Crippen LogP contribution in [0.1, 0.15) is 59.3 Å². The molecule has 0 aromatic rings. The molecule has 0 saturated heterocycles. The van der Waals surface area contributed by atoms with Crippen molar-refractivity contribution in [3.63, 3.8) is 0 Å². The number of methoxy groups -OCH3 is 1. The number of nitrogens with one attached hydrogen (secondary N) is 1. The molecule has 2 nitrogen and oxygen atoms in total. The zero-order valence-corrected chi connectivity index (χ0v) is 11.5. The largest absolute Gasteiger partial charge is 0.377 e. The lowest BCUT2D eigenvalue weighted by molar-refractivity contribution is -0.0638. The maximum atomic E-state index is 5.97. The van der Waals surface area contributed by atoms with Crippen molar-refractivity contribution in [3.8, 4) is 0 Å². The van der Waals surface area contributed by atoms with Crippen LogP contribution in [-0.4, -0.2) is 25.3 Å². The molecule has 0 aliphatic heterocycles. The van der Waals surface area contributed by atoms with Crippen molar-refractivity contribution >= 4 is 0 Å². The molecule has 2 heteroatoms. The summed E-state index contributed by atoms with van der Waals surface area (Å²) in [4.78, 5) is 0. The van der Waals surface area contributed by atoms with Gasteiger partial charge < -0.3 is 10.1 Å². The standard InChI is InChI=1S/C14H29NO/c1-5-15-13(12(2)3)14(16-4)10-8-6-7-9-11-14/h12-13,15H,5-11H2,1-4H3. The highest BCUT2D eigenvalue weighted by molar-refractivity contribution is 4.95. The molecule has 1 atom stereocenters. The van der Waals surface area contributed by atoms with Crippen LogP contribution < -0.4 is 5.32 Å². The lowest BCUT2D eigenvalue weighted by atomic mass is 9.80. The van der Waals surface area contributed by atoms with Gasteiger partial charge in [0, 0.05) is 13.2 Å². The van der Waals surface area contributed by atoms with Crippen LogP contribution >= 0.6 is 0 Å². The minimum absolute atomic E-state index is 0.0840. The molecular formula is C14H29NO. The molecule has 0 bridgehead atoms.